The first-order valence-corrected chi connectivity index (χ1v) is 15.9. The number of halogens is 2. The molecular formula is C32H31F2N7O3S2. The second-order valence-electron chi connectivity index (χ2n) is 10.1. The lowest BCUT2D eigenvalue weighted by Crippen LogP contribution is -2.37. The van der Waals surface area contributed by atoms with Gasteiger partial charge >= 0.3 is 6.03 Å². The molecule has 0 aliphatic heterocycles. The van der Waals surface area contributed by atoms with Gasteiger partial charge in [0.2, 0.25) is 0 Å². The van der Waals surface area contributed by atoms with Crippen molar-refractivity contribution in [2.75, 3.05) is 48.0 Å². The number of urea groups is 1. The van der Waals surface area contributed by atoms with Gasteiger partial charge in [0.1, 0.15) is 33.1 Å². The Morgan fingerprint density at radius 3 is 2.59 bits per heavy atom. The number of amides is 3. The smallest absolute Gasteiger partial charge is 0.321 e. The number of rotatable bonds is 11. The van der Waals surface area contributed by atoms with Gasteiger partial charge in [-0.25, -0.2) is 23.5 Å². The zero-order valence-corrected chi connectivity index (χ0v) is 26.8. The highest BCUT2D eigenvalue weighted by molar-refractivity contribution is 7.23. The largest absolute Gasteiger partial charge is 0.497 e. The van der Waals surface area contributed by atoms with Crippen LogP contribution in [-0.4, -0.2) is 48.7 Å². The number of likely N-dealkylation sites (N-methyl/N-ethyl adjacent to an activating group) is 1. The summed E-state index contributed by atoms with van der Waals surface area (Å²) >= 11 is 2.30. The summed E-state index contributed by atoms with van der Waals surface area (Å²) < 4.78 is 34.7. The van der Waals surface area contributed by atoms with Crippen LogP contribution in [0, 0.1) is 18.6 Å². The van der Waals surface area contributed by atoms with Crippen LogP contribution in [0.25, 0.3) is 21.1 Å². The van der Waals surface area contributed by atoms with E-state index in [1.54, 1.807) is 23.6 Å². The third-order valence-electron chi connectivity index (χ3n) is 6.90. The zero-order chi connectivity index (χ0) is 32.8. The molecule has 10 nitrogen and oxygen atoms in total. The predicted octanol–water partition coefficient (Wildman–Crippen LogP) is 7.01. The molecule has 0 atom stereocenters. The van der Waals surface area contributed by atoms with E-state index in [1.807, 2.05) is 25.1 Å². The molecule has 2 heterocycles. The summed E-state index contributed by atoms with van der Waals surface area (Å²) in [6.07, 6.45) is 0. The Balaban J connectivity index is 1.24. The monoisotopic (exact) mass is 663 g/mol. The first kappa shape index (κ1) is 32.3. The van der Waals surface area contributed by atoms with Crippen LogP contribution < -0.4 is 31.3 Å². The molecule has 2 aromatic heterocycles. The molecule has 0 aliphatic rings. The maximum Gasteiger partial charge on any atom is 0.321 e. The number of aromatic nitrogens is 2. The Kier molecular flexibility index (Phi) is 10.1. The number of aryl methyl sites for hydroxylation is 1. The van der Waals surface area contributed by atoms with Crippen molar-refractivity contribution in [2.24, 2.45) is 0 Å². The summed E-state index contributed by atoms with van der Waals surface area (Å²) in [6, 6.07) is 16.0. The minimum absolute atomic E-state index is 0.0163. The van der Waals surface area contributed by atoms with E-state index in [-0.39, 0.29) is 33.5 Å². The molecule has 3 aromatic carbocycles. The van der Waals surface area contributed by atoms with Crippen LogP contribution >= 0.6 is 22.7 Å². The fourth-order valence-corrected chi connectivity index (χ4v) is 6.38. The van der Waals surface area contributed by atoms with E-state index < -0.39 is 23.6 Å². The van der Waals surface area contributed by atoms with Crippen LogP contribution in [-0.2, 0) is 0 Å². The Labute approximate surface area is 272 Å². The number of nitrogen functional groups attached to an aromatic ring is 1. The van der Waals surface area contributed by atoms with E-state index in [9.17, 15) is 18.4 Å². The number of nitrogens with two attached hydrogens (primary N) is 1. The van der Waals surface area contributed by atoms with Gasteiger partial charge in [-0.1, -0.05) is 29.5 Å². The third kappa shape index (κ3) is 7.58. The van der Waals surface area contributed by atoms with Crippen molar-refractivity contribution in [1.29, 1.82) is 0 Å². The van der Waals surface area contributed by atoms with Crippen LogP contribution in [0.1, 0.15) is 22.8 Å². The van der Waals surface area contributed by atoms with Crippen LogP contribution in [0.5, 0.6) is 5.75 Å². The molecule has 0 fully saturated rings. The highest BCUT2D eigenvalue weighted by Gasteiger charge is 2.20. The lowest BCUT2D eigenvalue weighted by molar-refractivity contribution is 0.102. The summed E-state index contributed by atoms with van der Waals surface area (Å²) in [4.78, 5) is 36.7. The molecule has 5 rings (SSSR count). The van der Waals surface area contributed by atoms with Crippen molar-refractivity contribution in [3.63, 3.8) is 0 Å². The van der Waals surface area contributed by atoms with Crippen molar-refractivity contribution in [2.45, 2.75) is 13.8 Å². The highest BCUT2D eigenvalue weighted by atomic mass is 32.1. The molecule has 5 aromatic rings. The van der Waals surface area contributed by atoms with E-state index in [2.05, 4.69) is 43.8 Å². The Hall–Kier alpha value is -5.08. The molecule has 0 saturated heterocycles. The number of ether oxygens (including phenoxy) is 1. The van der Waals surface area contributed by atoms with Crippen molar-refractivity contribution in [3.8, 4) is 26.9 Å². The molecule has 0 bridgehead atoms. The summed E-state index contributed by atoms with van der Waals surface area (Å²) in [5, 5.41) is 10.3. The Bertz CT molecular complexity index is 1880. The number of benzene rings is 3. The Morgan fingerprint density at radius 1 is 1.02 bits per heavy atom. The average Bonchev–Trinajstić information content (AvgIpc) is 3.66. The van der Waals surface area contributed by atoms with Gasteiger partial charge in [0, 0.05) is 47.9 Å². The maximum absolute atomic E-state index is 14.9. The van der Waals surface area contributed by atoms with Gasteiger partial charge in [-0.05, 0) is 55.8 Å². The van der Waals surface area contributed by atoms with Gasteiger partial charge in [0.25, 0.3) is 5.91 Å². The molecular weight excluding hydrogens is 633 g/mol. The fraction of sp³-hybridized carbons (Fsp3) is 0.188. The van der Waals surface area contributed by atoms with Gasteiger partial charge in [-0.2, -0.15) is 0 Å². The normalized spacial score (nSPS) is 10.8. The number of carbonyl (C=O) groups excluding carboxylic acids is 2. The lowest BCUT2D eigenvalue weighted by atomic mass is 10.1. The predicted molar refractivity (Wildman–Crippen MR) is 180 cm³/mol. The SMILES string of the molecule is CCN(CCNC(=O)Nc1nc(N)c(-c2nc(-c3cc(NC(=O)c4cccc(OC)c4)c(F)cc3F)cs2)s1)c1cccc(C)c1. The fourth-order valence-electron chi connectivity index (χ4n) is 4.58. The summed E-state index contributed by atoms with van der Waals surface area (Å²) in [5.41, 5.74) is 8.61. The summed E-state index contributed by atoms with van der Waals surface area (Å²) in [7, 11) is 1.47. The van der Waals surface area contributed by atoms with E-state index in [0.717, 1.165) is 29.1 Å². The van der Waals surface area contributed by atoms with Gasteiger partial charge < -0.3 is 26.0 Å². The minimum Gasteiger partial charge on any atom is -0.497 e. The summed E-state index contributed by atoms with van der Waals surface area (Å²) in [5.74, 6) is -1.78. The second kappa shape index (κ2) is 14.3. The number of methoxy groups -OCH3 is 1. The maximum atomic E-state index is 14.9. The van der Waals surface area contributed by atoms with E-state index in [0.29, 0.717) is 34.8 Å². The number of nitrogens with zero attached hydrogens (tertiary/aromatic N) is 3. The van der Waals surface area contributed by atoms with Crippen LogP contribution in [0.15, 0.2) is 66.0 Å². The number of carbonyl (C=O) groups is 2. The number of nitrogens with one attached hydrogen (secondary N) is 3. The third-order valence-corrected chi connectivity index (χ3v) is 8.88. The average molecular weight is 664 g/mol. The van der Waals surface area contributed by atoms with Gasteiger partial charge in [-0.3, -0.25) is 10.1 Å². The molecule has 5 N–H and O–H groups in total. The quantitative estimate of drug-likeness (QED) is 0.119. The first-order valence-electron chi connectivity index (χ1n) is 14.2. The van der Waals surface area contributed by atoms with Crippen LogP contribution in [0.2, 0.25) is 0 Å². The molecule has 0 saturated carbocycles. The van der Waals surface area contributed by atoms with Crippen molar-refractivity contribution in [3.05, 3.63) is 88.8 Å². The van der Waals surface area contributed by atoms with Gasteiger partial charge in [0.05, 0.1) is 18.5 Å². The summed E-state index contributed by atoms with van der Waals surface area (Å²) in [6.45, 7) is 5.90. The van der Waals surface area contributed by atoms with Crippen molar-refractivity contribution < 1.29 is 23.1 Å². The van der Waals surface area contributed by atoms with E-state index in [4.69, 9.17) is 10.5 Å². The number of hydrogen-bond donors (Lipinski definition) is 4. The number of hydrogen-bond acceptors (Lipinski definition) is 9. The van der Waals surface area contributed by atoms with Crippen LogP contribution in [0.3, 0.4) is 0 Å². The first-order chi connectivity index (χ1) is 22.1. The molecule has 14 heteroatoms. The lowest BCUT2D eigenvalue weighted by Gasteiger charge is -2.23. The Morgan fingerprint density at radius 2 is 1.83 bits per heavy atom. The molecule has 238 valence electrons. The van der Waals surface area contributed by atoms with Crippen molar-refractivity contribution in [1.82, 2.24) is 15.3 Å². The molecule has 0 spiro atoms. The number of thiazole rings is 2. The zero-order valence-electron chi connectivity index (χ0n) is 25.2. The minimum atomic E-state index is -0.939. The topological polar surface area (TPSA) is 134 Å². The highest BCUT2D eigenvalue weighted by Crippen LogP contribution is 2.39. The van der Waals surface area contributed by atoms with Crippen LogP contribution in [0.4, 0.5) is 35.9 Å². The molecule has 0 unspecified atom stereocenters. The molecule has 0 radical (unpaired) electrons. The molecule has 0 aliphatic carbocycles. The molecule has 46 heavy (non-hydrogen) atoms. The standard InChI is InChI=1S/C32H31F2N7O3S2/c1-4-41(20-9-5-7-18(2)13-20)12-11-36-31(43)40-32-39-28(35)27(46-32)30-38-26(17-45-30)22-15-25(24(34)16-23(22)33)37-29(42)19-8-6-10-21(14-19)44-3/h5-10,13-17H,4,11-12,35H2,1-3H3,(H,37,42)(H2,36,39,40,43). The van der Waals surface area contributed by atoms with E-state index in [1.165, 1.54) is 30.6 Å². The van der Waals surface area contributed by atoms with Gasteiger partial charge in [-0.15, -0.1) is 11.3 Å². The van der Waals surface area contributed by atoms with Gasteiger partial charge in [0.15, 0.2) is 5.13 Å². The van der Waals surface area contributed by atoms with Crippen molar-refractivity contribution >= 4 is 56.9 Å². The van der Waals surface area contributed by atoms with E-state index >= 15 is 0 Å². The second-order valence-corrected chi connectivity index (χ2v) is 11.9. The molecule has 3 amide bonds. The number of anilines is 4.